The SMILES string of the molecule is CC(C)n1cc(S(=O)(=O)NC(=O)Nc2c3c(cc4c2CCC4)CCC3)ccc1=O.CC(C)n1cc(S(=O)(=O)NC(=O)Nc2c3c(cc4c2CCC4)CCC3)ncc1=O.CC(C)n1cccc(S(=O)(=O)NC(=O)Nc2c3c(cc4c2CCC4)CCC3)c1=O.CN(C)CCn1cc(S(=O)(=O)NC(=O)Nc2c3c(cc4c2CCC4)CCC3)ccc1=O.C[C@@H](O)Cn1cc(S(=O)(=O)NC(=O)Nc2c3c(cc4c2CCC4)CCC3)ccc1=O. The number of likely N-dealkylation sites (N-methyl/N-ethyl adjacent to an activating group) is 1. The molecule has 10 amide bonds. The van der Waals surface area contributed by atoms with Crippen molar-refractivity contribution in [3.05, 3.63) is 279 Å². The van der Waals surface area contributed by atoms with E-state index in [0.717, 1.165) is 312 Å². The van der Waals surface area contributed by atoms with Crippen molar-refractivity contribution in [3.63, 3.8) is 0 Å². The van der Waals surface area contributed by atoms with Crippen molar-refractivity contribution < 1.29 is 71.2 Å². The highest BCUT2D eigenvalue weighted by Gasteiger charge is 2.36. The lowest BCUT2D eigenvalue weighted by Gasteiger charge is -2.17. The number of aryl methyl sites for hydroxylation is 10. The Labute approximate surface area is 859 Å². The Bertz CT molecular complexity index is 7590. The van der Waals surface area contributed by atoms with Crippen LogP contribution in [0.25, 0.3) is 0 Å². The number of aliphatic hydroxyl groups excluding tert-OH is 1. The third kappa shape index (κ3) is 24.2. The van der Waals surface area contributed by atoms with Crippen LogP contribution in [0.4, 0.5) is 52.4 Å². The van der Waals surface area contributed by atoms with Crippen molar-refractivity contribution >= 4 is 109 Å². The number of sulfonamides is 5. The van der Waals surface area contributed by atoms with Crippen molar-refractivity contribution in [3.8, 4) is 0 Å². The molecule has 20 rings (SSSR count). The first-order chi connectivity index (χ1) is 70.3. The Kier molecular flexibility index (Phi) is 32.5. The van der Waals surface area contributed by atoms with Gasteiger partial charge in [-0.25, -0.2) is 86.2 Å². The number of carbonyl (C=O) groups excluding carboxylic acids is 5. The van der Waals surface area contributed by atoms with Gasteiger partial charge in [0.25, 0.3) is 77.9 Å². The van der Waals surface area contributed by atoms with Crippen LogP contribution in [-0.4, -0.2) is 137 Å². The van der Waals surface area contributed by atoms with Crippen molar-refractivity contribution in [1.29, 1.82) is 0 Å². The second kappa shape index (κ2) is 44.7. The third-order valence-corrected chi connectivity index (χ3v) is 35.2. The maximum atomic E-state index is 12.8. The summed E-state index contributed by atoms with van der Waals surface area (Å²) in [5.41, 5.74) is 25.4. The smallest absolute Gasteiger partial charge is 0.333 e. The summed E-state index contributed by atoms with van der Waals surface area (Å²) in [7, 11) is -17.2. The van der Waals surface area contributed by atoms with Crippen LogP contribution in [0.15, 0.2) is 165 Å². The van der Waals surface area contributed by atoms with Crippen LogP contribution in [-0.2, 0) is 192 Å². The molecule has 11 N–H and O–H groups in total. The Balaban J connectivity index is 0.000000132. The van der Waals surface area contributed by atoms with E-state index in [2.05, 4.69) is 71.3 Å². The van der Waals surface area contributed by atoms with Crippen molar-refractivity contribution in [2.45, 2.75) is 303 Å². The molecule has 10 aromatic rings. The highest BCUT2D eigenvalue weighted by molar-refractivity contribution is 7.91. The molecule has 10 aliphatic rings. The van der Waals surface area contributed by atoms with Gasteiger partial charge in [0.15, 0.2) is 9.92 Å². The molecule has 5 heterocycles. The van der Waals surface area contributed by atoms with Gasteiger partial charge in [0.1, 0.15) is 14.7 Å². The summed E-state index contributed by atoms with van der Waals surface area (Å²) in [6.45, 7) is 13.0. The van der Waals surface area contributed by atoms with Crippen LogP contribution in [0.5, 0.6) is 0 Å². The number of urea groups is 5. The summed E-state index contributed by atoms with van der Waals surface area (Å²) < 4.78 is 144. The molecule has 0 saturated heterocycles. The van der Waals surface area contributed by atoms with E-state index in [4.69, 9.17) is 0 Å². The highest BCUT2D eigenvalue weighted by Crippen LogP contribution is 2.45. The molecule has 43 heteroatoms. The number of amides is 10. The molecule has 0 radical (unpaired) electrons. The van der Waals surface area contributed by atoms with Gasteiger partial charge < -0.3 is 59.4 Å². The zero-order valence-corrected chi connectivity index (χ0v) is 88.5. The fraction of sp³-hybridized carbons (Fsp3) is 0.438. The van der Waals surface area contributed by atoms with E-state index in [-0.39, 0.29) is 55.5 Å². The molecule has 5 aromatic carbocycles. The fourth-order valence-electron chi connectivity index (χ4n) is 21.8. The number of aliphatic hydroxyl groups is 1. The summed E-state index contributed by atoms with van der Waals surface area (Å²) in [5.74, 6) is 0. The number of nitrogens with zero attached hydrogens (tertiary/aromatic N) is 7. The predicted molar refractivity (Wildman–Crippen MR) is 562 cm³/mol. The molecular formula is C105H127N17O21S5. The first-order valence-corrected chi connectivity index (χ1v) is 58.0. The summed E-state index contributed by atoms with van der Waals surface area (Å²) in [6, 6.07) is 16.4. The number of aromatic nitrogens is 6. The number of hydrogen-bond donors (Lipinski definition) is 11. The molecule has 5 aromatic heterocycles. The number of fused-ring (bicyclic) bond motifs is 10. The summed E-state index contributed by atoms with van der Waals surface area (Å²) in [6.07, 6.45) is 35.5. The first kappa shape index (κ1) is 108. The second-order valence-electron chi connectivity index (χ2n) is 40.3. The molecule has 10 aliphatic carbocycles. The van der Waals surface area contributed by atoms with E-state index in [1.807, 2.05) is 33.2 Å². The molecule has 38 nitrogen and oxygen atoms in total. The molecule has 0 saturated carbocycles. The maximum Gasteiger partial charge on any atom is 0.333 e. The lowest BCUT2D eigenvalue weighted by atomic mass is 9.99. The zero-order chi connectivity index (χ0) is 106. The number of carbonyl (C=O) groups is 5. The van der Waals surface area contributed by atoms with Gasteiger partial charge in [-0.3, -0.25) is 24.0 Å². The third-order valence-electron chi connectivity index (χ3n) is 28.7. The molecule has 0 spiro atoms. The Morgan fingerprint density at radius 2 is 0.601 bits per heavy atom. The normalized spacial score (nSPS) is 15.4. The van der Waals surface area contributed by atoms with Crippen LogP contribution in [0, 0.1) is 0 Å². The fourth-order valence-corrected chi connectivity index (χ4v) is 26.4. The van der Waals surface area contributed by atoms with Crippen molar-refractivity contribution in [1.82, 2.24) is 56.3 Å². The number of rotatable bonds is 23. The first-order valence-electron chi connectivity index (χ1n) is 50.6. The average Bonchev–Trinajstić information content (AvgIpc) is 1.47. The van der Waals surface area contributed by atoms with Gasteiger partial charge in [-0.15, -0.1) is 0 Å². The molecule has 148 heavy (non-hydrogen) atoms. The quantitative estimate of drug-likeness (QED) is 0.0283. The molecule has 0 unspecified atom stereocenters. The van der Waals surface area contributed by atoms with Crippen molar-refractivity contribution in [2.24, 2.45) is 0 Å². The van der Waals surface area contributed by atoms with E-state index in [9.17, 15) is 95.1 Å². The molecule has 0 aliphatic heterocycles. The number of pyridine rings is 4. The lowest BCUT2D eigenvalue weighted by Crippen LogP contribution is -2.38. The topological polar surface area (TPSA) is 523 Å². The standard InChI is InChI=1S/C22H28N4O4S.C21H25N3O5S.2C21H25N3O4S.C20H24N4O4S/c1-25(2)11-12-26-14-17(9-10-20(26)27)31(29,30)24-22(28)23-21-18-7-3-5-15(18)13-16-6-4-8-19(16)21;1-13(25)11-24-12-16(8-9-19(24)26)30(28,29)23-21(27)22-20-17-6-2-4-14(17)10-15-5-3-7-18(15)20;1-13(2)24-11-5-10-18(20(24)25)29(27,28)23-21(26)22-19-16-8-3-6-14(16)12-15-7-4-9-17(15)19;1-13(2)24-12-16(9-10-19(24)25)29(27,28)23-21(26)22-20-17-7-3-5-14(17)11-15-6-4-8-18(15)20;1-12(2)24-11-17(21-10-18(24)25)29(27,28)23-20(26)22-19-15-7-3-5-13(15)9-14-6-4-8-16(14)19/h9-10,13-14H,3-8,11-12H2,1-2H3,(H2,23,24,28);8-10,12-13,25H,2-7,11H2,1H3,(H2,22,23,27);5,10-13H,3-4,6-9H2,1-2H3,(H2,22,23,26);9-13H,3-8H2,1-2H3,(H2,22,23,26);9-12H,3-8H2,1-2H3,(H2,22,23,26)/t;13-;;;/m.1.../s1. The Morgan fingerprint density at radius 1 is 0.331 bits per heavy atom. The van der Waals surface area contributed by atoms with E-state index in [0.29, 0.717) is 13.1 Å². The van der Waals surface area contributed by atoms with Gasteiger partial charge in [0.05, 0.1) is 18.8 Å². The monoisotopic (exact) mass is 2120 g/mol. The summed E-state index contributed by atoms with van der Waals surface area (Å²) >= 11 is 0. The molecule has 788 valence electrons. The number of benzene rings is 5. The number of anilines is 5. The number of nitrogens with one attached hydrogen (secondary N) is 10. The van der Waals surface area contributed by atoms with Gasteiger partial charge in [-0.2, -0.15) is 8.42 Å². The van der Waals surface area contributed by atoms with Crippen molar-refractivity contribution in [2.75, 3.05) is 47.2 Å². The van der Waals surface area contributed by atoms with Gasteiger partial charge in [0.2, 0.25) is 0 Å². The minimum absolute atomic E-state index is 0.0450. The van der Waals surface area contributed by atoms with Gasteiger partial charge in [-0.1, -0.05) is 30.3 Å². The second-order valence-corrected chi connectivity index (χ2v) is 48.6. The van der Waals surface area contributed by atoms with E-state index < -0.39 is 108 Å². The average molecular weight is 2120 g/mol. The summed E-state index contributed by atoms with van der Waals surface area (Å²) in [4.78, 5) is 128. The number of hydrogen-bond acceptors (Lipinski definition) is 23. The van der Waals surface area contributed by atoms with E-state index in [1.165, 1.54) is 136 Å². The predicted octanol–water partition coefficient (Wildman–Crippen LogP) is 11.8. The van der Waals surface area contributed by atoms with Crippen LogP contribution >= 0.6 is 0 Å². The van der Waals surface area contributed by atoms with Gasteiger partial charge in [0, 0.05) is 109 Å². The van der Waals surface area contributed by atoms with E-state index >= 15 is 0 Å². The van der Waals surface area contributed by atoms with Crippen LogP contribution in [0.1, 0.15) is 242 Å². The van der Waals surface area contributed by atoms with Gasteiger partial charge in [-0.05, 0) is 397 Å². The maximum absolute atomic E-state index is 12.8. The van der Waals surface area contributed by atoms with Crippen LogP contribution in [0.3, 0.4) is 0 Å². The summed E-state index contributed by atoms with van der Waals surface area (Å²) in [5, 5.41) is 23.1. The minimum Gasteiger partial charge on any atom is -0.392 e. The molecule has 0 bridgehead atoms. The van der Waals surface area contributed by atoms with Crippen LogP contribution in [0.2, 0.25) is 0 Å². The largest absolute Gasteiger partial charge is 0.392 e. The van der Waals surface area contributed by atoms with Crippen LogP contribution < -0.4 is 78.0 Å². The minimum atomic E-state index is -4.29. The zero-order valence-electron chi connectivity index (χ0n) is 84.4. The lowest BCUT2D eigenvalue weighted by molar-refractivity contribution is 0.171. The molecule has 1 atom stereocenters. The molecular weight excluding hydrogens is 2000 g/mol. The molecule has 0 fully saturated rings. The Morgan fingerprint density at radius 3 is 0.899 bits per heavy atom. The Hall–Kier alpha value is -13.2. The van der Waals surface area contributed by atoms with Gasteiger partial charge >= 0.3 is 30.2 Å². The van der Waals surface area contributed by atoms with E-state index in [1.54, 1.807) is 41.5 Å². The highest BCUT2D eigenvalue weighted by atomic mass is 32.2.